The Balaban J connectivity index is 2.09. The third-order valence-corrected chi connectivity index (χ3v) is 3.37. The zero-order valence-corrected chi connectivity index (χ0v) is 14.7. The highest BCUT2D eigenvalue weighted by Gasteiger charge is 2.25. The van der Waals surface area contributed by atoms with Crippen LogP contribution in [0.2, 0.25) is 0 Å². The van der Waals surface area contributed by atoms with Crippen LogP contribution in [0.25, 0.3) is 11.0 Å². The van der Waals surface area contributed by atoms with Crippen molar-refractivity contribution < 1.29 is 18.7 Å². The molecule has 0 aliphatic rings. The first-order valence-electron chi connectivity index (χ1n) is 8.07. The van der Waals surface area contributed by atoms with E-state index in [1.54, 1.807) is 32.0 Å². The molecule has 0 bridgehead atoms. The van der Waals surface area contributed by atoms with Crippen LogP contribution in [0.1, 0.15) is 27.7 Å². The third-order valence-electron chi connectivity index (χ3n) is 3.37. The molecule has 0 atom stereocenters. The quantitative estimate of drug-likeness (QED) is 0.841. The van der Waals surface area contributed by atoms with E-state index in [1.165, 1.54) is 12.1 Å². The highest BCUT2D eigenvalue weighted by Crippen LogP contribution is 2.19. The summed E-state index contributed by atoms with van der Waals surface area (Å²) >= 11 is 0. The summed E-state index contributed by atoms with van der Waals surface area (Å²) < 4.78 is 10.6. The number of urea groups is 1. The number of imide groups is 1. The van der Waals surface area contributed by atoms with Gasteiger partial charge in [-0.25, -0.2) is 9.59 Å². The molecule has 2 aromatic rings. The SMILES string of the molecule is CC(C)NC(=O)N(C(=O)COc1ccc2ccc(=O)oc2c1)C(C)C. The zero-order valence-electron chi connectivity index (χ0n) is 14.7. The van der Waals surface area contributed by atoms with E-state index in [1.807, 2.05) is 13.8 Å². The number of carbonyl (C=O) groups excluding carboxylic acids is 2. The Bertz CT molecular complexity index is 826. The van der Waals surface area contributed by atoms with E-state index in [4.69, 9.17) is 9.15 Å². The van der Waals surface area contributed by atoms with Crippen LogP contribution >= 0.6 is 0 Å². The van der Waals surface area contributed by atoms with Crippen molar-refractivity contribution in [2.75, 3.05) is 6.61 Å². The number of fused-ring (bicyclic) bond motifs is 1. The van der Waals surface area contributed by atoms with Crippen molar-refractivity contribution in [3.8, 4) is 5.75 Å². The lowest BCUT2D eigenvalue weighted by Crippen LogP contribution is -2.50. The van der Waals surface area contributed by atoms with Gasteiger partial charge in [0.15, 0.2) is 6.61 Å². The maximum absolute atomic E-state index is 12.4. The molecule has 0 aliphatic heterocycles. The number of nitrogens with zero attached hydrogens (tertiary/aromatic N) is 1. The van der Waals surface area contributed by atoms with Crippen LogP contribution in [0, 0.1) is 0 Å². The second-order valence-electron chi connectivity index (χ2n) is 6.20. The molecule has 0 saturated heterocycles. The van der Waals surface area contributed by atoms with Gasteiger partial charge >= 0.3 is 11.7 Å². The molecule has 0 radical (unpaired) electrons. The summed E-state index contributed by atoms with van der Waals surface area (Å²) in [6.45, 7) is 6.84. The molecule has 7 heteroatoms. The summed E-state index contributed by atoms with van der Waals surface area (Å²) in [6.07, 6.45) is 0. The van der Waals surface area contributed by atoms with Crippen LogP contribution < -0.4 is 15.7 Å². The molecule has 134 valence electrons. The fourth-order valence-electron chi connectivity index (χ4n) is 2.30. The van der Waals surface area contributed by atoms with Crippen molar-refractivity contribution in [1.82, 2.24) is 10.2 Å². The molecule has 0 aliphatic carbocycles. The number of ether oxygens (including phenoxy) is 1. The van der Waals surface area contributed by atoms with Gasteiger partial charge in [0.1, 0.15) is 11.3 Å². The van der Waals surface area contributed by atoms with Gasteiger partial charge in [-0.15, -0.1) is 0 Å². The normalized spacial score (nSPS) is 11.0. The number of hydrogen-bond donors (Lipinski definition) is 1. The van der Waals surface area contributed by atoms with E-state index in [0.717, 1.165) is 10.3 Å². The summed E-state index contributed by atoms with van der Waals surface area (Å²) in [5.41, 5.74) is -0.0900. The third kappa shape index (κ3) is 4.82. The summed E-state index contributed by atoms with van der Waals surface area (Å²) in [5, 5.41) is 3.44. The van der Waals surface area contributed by atoms with Crippen LogP contribution in [-0.4, -0.2) is 35.5 Å². The van der Waals surface area contributed by atoms with Crippen LogP contribution in [0.5, 0.6) is 5.75 Å². The molecule has 2 rings (SSSR count). The molecule has 1 aromatic carbocycles. The number of carbonyl (C=O) groups is 2. The number of amides is 3. The van der Waals surface area contributed by atoms with E-state index < -0.39 is 17.6 Å². The molecule has 3 amide bonds. The highest BCUT2D eigenvalue weighted by molar-refractivity contribution is 5.95. The number of benzene rings is 1. The fourth-order valence-corrected chi connectivity index (χ4v) is 2.30. The van der Waals surface area contributed by atoms with E-state index in [2.05, 4.69) is 5.32 Å². The summed E-state index contributed by atoms with van der Waals surface area (Å²) in [5.74, 6) is -0.0778. The predicted octanol–water partition coefficient (Wildman–Crippen LogP) is 2.53. The monoisotopic (exact) mass is 346 g/mol. The second kappa shape index (κ2) is 7.83. The van der Waals surface area contributed by atoms with E-state index in [-0.39, 0.29) is 18.7 Å². The Hall–Kier alpha value is -2.83. The Morgan fingerprint density at radius 3 is 2.48 bits per heavy atom. The second-order valence-corrected chi connectivity index (χ2v) is 6.20. The summed E-state index contributed by atoms with van der Waals surface area (Å²) in [7, 11) is 0. The zero-order chi connectivity index (χ0) is 18.6. The van der Waals surface area contributed by atoms with Gasteiger partial charge in [-0.2, -0.15) is 0 Å². The minimum Gasteiger partial charge on any atom is -0.484 e. The molecule has 0 spiro atoms. The van der Waals surface area contributed by atoms with Crippen molar-refractivity contribution in [2.24, 2.45) is 0 Å². The lowest BCUT2D eigenvalue weighted by molar-refractivity contribution is -0.131. The number of rotatable bonds is 5. The first-order chi connectivity index (χ1) is 11.8. The van der Waals surface area contributed by atoms with Gasteiger partial charge < -0.3 is 14.5 Å². The van der Waals surface area contributed by atoms with Gasteiger partial charge in [0, 0.05) is 29.6 Å². The molecule has 7 nitrogen and oxygen atoms in total. The minimum atomic E-state index is -0.461. The smallest absolute Gasteiger partial charge is 0.336 e. The molecule has 25 heavy (non-hydrogen) atoms. The van der Waals surface area contributed by atoms with Crippen LogP contribution in [0.3, 0.4) is 0 Å². The molecule has 1 aromatic heterocycles. The van der Waals surface area contributed by atoms with Gasteiger partial charge in [0.2, 0.25) is 0 Å². The Morgan fingerprint density at radius 1 is 1.16 bits per heavy atom. The van der Waals surface area contributed by atoms with E-state index in [9.17, 15) is 14.4 Å². The van der Waals surface area contributed by atoms with Gasteiger partial charge in [-0.3, -0.25) is 9.69 Å². The molecule has 1 heterocycles. The van der Waals surface area contributed by atoms with Crippen molar-refractivity contribution >= 4 is 22.9 Å². The van der Waals surface area contributed by atoms with Crippen molar-refractivity contribution in [3.63, 3.8) is 0 Å². The average Bonchev–Trinajstić information content (AvgIpc) is 2.51. The molecule has 0 saturated carbocycles. The Labute approximate surface area is 145 Å². The van der Waals surface area contributed by atoms with Gasteiger partial charge in [-0.1, -0.05) is 0 Å². The summed E-state index contributed by atoms with van der Waals surface area (Å²) in [4.78, 5) is 36.9. The minimum absolute atomic E-state index is 0.0779. The standard InChI is InChI=1S/C18H22N2O5/c1-11(2)19-18(23)20(12(3)4)16(21)10-24-14-7-5-13-6-8-17(22)25-15(13)9-14/h5-9,11-12H,10H2,1-4H3,(H,19,23). The van der Waals surface area contributed by atoms with Crippen molar-refractivity contribution in [2.45, 2.75) is 39.8 Å². The van der Waals surface area contributed by atoms with Crippen molar-refractivity contribution in [1.29, 1.82) is 0 Å². The van der Waals surface area contributed by atoms with Crippen molar-refractivity contribution in [3.05, 3.63) is 40.8 Å². The van der Waals surface area contributed by atoms with Gasteiger partial charge in [0.25, 0.3) is 5.91 Å². The maximum atomic E-state index is 12.4. The lowest BCUT2D eigenvalue weighted by Gasteiger charge is -2.26. The summed E-state index contributed by atoms with van der Waals surface area (Å²) in [6, 6.07) is 7.08. The molecular weight excluding hydrogens is 324 g/mol. The highest BCUT2D eigenvalue weighted by atomic mass is 16.5. The Morgan fingerprint density at radius 2 is 1.84 bits per heavy atom. The van der Waals surface area contributed by atoms with E-state index >= 15 is 0 Å². The first kappa shape index (κ1) is 18.5. The average molecular weight is 346 g/mol. The van der Waals surface area contributed by atoms with Crippen LogP contribution in [0.15, 0.2) is 39.5 Å². The first-order valence-corrected chi connectivity index (χ1v) is 8.07. The largest absolute Gasteiger partial charge is 0.484 e. The maximum Gasteiger partial charge on any atom is 0.336 e. The Kier molecular flexibility index (Phi) is 5.80. The fraction of sp³-hybridized carbons (Fsp3) is 0.389. The molecule has 0 unspecified atom stereocenters. The van der Waals surface area contributed by atoms with Gasteiger partial charge in [-0.05, 0) is 45.9 Å². The molecular formula is C18H22N2O5. The number of nitrogens with one attached hydrogen (secondary N) is 1. The topological polar surface area (TPSA) is 88.9 Å². The van der Waals surface area contributed by atoms with Crippen LogP contribution in [0.4, 0.5) is 4.79 Å². The van der Waals surface area contributed by atoms with E-state index in [0.29, 0.717) is 11.3 Å². The number of hydrogen-bond acceptors (Lipinski definition) is 5. The molecule has 1 N–H and O–H groups in total. The van der Waals surface area contributed by atoms with Gasteiger partial charge in [0.05, 0.1) is 0 Å². The lowest BCUT2D eigenvalue weighted by atomic mass is 10.2. The predicted molar refractivity (Wildman–Crippen MR) is 93.6 cm³/mol. The molecule has 0 fully saturated rings. The van der Waals surface area contributed by atoms with Crippen LogP contribution in [-0.2, 0) is 4.79 Å².